The topological polar surface area (TPSA) is 79.7 Å². The van der Waals surface area contributed by atoms with Crippen molar-refractivity contribution < 1.29 is 0 Å². The molecule has 0 bridgehead atoms. The molecule has 0 aromatic rings. The van der Waals surface area contributed by atoms with Gasteiger partial charge in [0.2, 0.25) is 5.96 Å². The summed E-state index contributed by atoms with van der Waals surface area (Å²) in [5.74, 6) is 5.39. The number of piperidine rings is 1. The number of hydrogen-bond donors (Lipinski definition) is 3. The fourth-order valence-corrected chi connectivity index (χ4v) is 1.54. The standard InChI is InChI=1S/C8H19N5/c9-8(12-10)11-4-7-13-5-2-1-3-6-13/h1-7,10H2,(H3,9,11,12). The summed E-state index contributed by atoms with van der Waals surface area (Å²) in [7, 11) is 0. The minimum Gasteiger partial charge on any atom is -0.369 e. The van der Waals surface area contributed by atoms with Crippen molar-refractivity contribution in [2.24, 2.45) is 16.6 Å². The Morgan fingerprint density at radius 1 is 1.31 bits per heavy atom. The molecule has 0 saturated carbocycles. The fourth-order valence-electron chi connectivity index (χ4n) is 1.54. The van der Waals surface area contributed by atoms with Crippen LogP contribution in [0.3, 0.4) is 0 Å². The van der Waals surface area contributed by atoms with E-state index in [2.05, 4.69) is 15.3 Å². The van der Waals surface area contributed by atoms with Crippen molar-refractivity contribution in [3.05, 3.63) is 0 Å². The smallest absolute Gasteiger partial charge is 0.203 e. The molecule has 1 aliphatic heterocycles. The van der Waals surface area contributed by atoms with E-state index in [4.69, 9.17) is 11.6 Å². The van der Waals surface area contributed by atoms with Crippen molar-refractivity contribution in [2.45, 2.75) is 19.3 Å². The Morgan fingerprint density at radius 2 is 2.00 bits per heavy atom. The number of hydrazine groups is 1. The minimum absolute atomic E-state index is 0.317. The molecule has 1 rings (SSSR count). The lowest BCUT2D eigenvalue weighted by atomic mass is 10.1. The van der Waals surface area contributed by atoms with Gasteiger partial charge in [-0.15, -0.1) is 0 Å². The molecule has 0 amide bonds. The summed E-state index contributed by atoms with van der Waals surface area (Å²) in [5.41, 5.74) is 7.70. The molecule has 13 heavy (non-hydrogen) atoms. The van der Waals surface area contributed by atoms with Crippen LogP contribution in [0.2, 0.25) is 0 Å². The molecule has 1 heterocycles. The first-order valence-corrected chi connectivity index (χ1v) is 4.82. The van der Waals surface area contributed by atoms with Crippen LogP contribution in [0, 0.1) is 0 Å². The van der Waals surface area contributed by atoms with Gasteiger partial charge >= 0.3 is 0 Å². The zero-order valence-corrected chi connectivity index (χ0v) is 8.00. The summed E-state index contributed by atoms with van der Waals surface area (Å²) in [6, 6.07) is 0. The van der Waals surface area contributed by atoms with Crippen molar-refractivity contribution in [1.29, 1.82) is 0 Å². The summed E-state index contributed by atoms with van der Waals surface area (Å²) < 4.78 is 0. The van der Waals surface area contributed by atoms with Crippen molar-refractivity contribution >= 4 is 5.96 Å². The molecule has 0 unspecified atom stereocenters. The molecular weight excluding hydrogens is 166 g/mol. The maximum absolute atomic E-state index is 5.38. The van der Waals surface area contributed by atoms with E-state index < -0.39 is 0 Å². The van der Waals surface area contributed by atoms with Gasteiger partial charge < -0.3 is 10.6 Å². The van der Waals surface area contributed by atoms with E-state index in [1.807, 2.05) is 0 Å². The van der Waals surface area contributed by atoms with Crippen LogP contribution in [0.25, 0.3) is 0 Å². The first kappa shape index (κ1) is 10.3. The van der Waals surface area contributed by atoms with Gasteiger partial charge in [0.05, 0.1) is 6.54 Å². The Labute approximate surface area is 79.1 Å². The van der Waals surface area contributed by atoms with Gasteiger partial charge in [-0.3, -0.25) is 10.4 Å². The Hall–Kier alpha value is -0.810. The number of rotatable bonds is 3. The second-order valence-electron chi connectivity index (χ2n) is 3.31. The van der Waals surface area contributed by atoms with E-state index >= 15 is 0 Å². The SMILES string of the molecule is NNC(N)=NCCN1CCCCC1. The van der Waals surface area contributed by atoms with Crippen molar-refractivity contribution in [3.8, 4) is 0 Å². The highest BCUT2D eigenvalue weighted by Crippen LogP contribution is 2.07. The third kappa shape index (κ3) is 4.10. The molecule has 5 nitrogen and oxygen atoms in total. The first-order chi connectivity index (χ1) is 6.33. The number of nitrogens with one attached hydrogen (secondary N) is 1. The van der Waals surface area contributed by atoms with Crippen LogP contribution in [-0.4, -0.2) is 37.0 Å². The van der Waals surface area contributed by atoms with Crippen LogP contribution < -0.4 is 17.0 Å². The second-order valence-corrected chi connectivity index (χ2v) is 3.31. The van der Waals surface area contributed by atoms with Gasteiger partial charge in [-0.2, -0.15) is 0 Å². The molecule has 0 radical (unpaired) electrons. The lowest BCUT2D eigenvalue weighted by molar-refractivity contribution is 0.235. The van der Waals surface area contributed by atoms with Gasteiger partial charge in [0.1, 0.15) is 0 Å². The van der Waals surface area contributed by atoms with Gasteiger partial charge in [-0.05, 0) is 25.9 Å². The quantitative estimate of drug-likeness (QED) is 0.234. The van der Waals surface area contributed by atoms with E-state index in [1.54, 1.807) is 0 Å². The molecule has 76 valence electrons. The predicted octanol–water partition coefficient (Wildman–Crippen LogP) is -0.750. The van der Waals surface area contributed by atoms with Crippen LogP contribution >= 0.6 is 0 Å². The normalized spacial score (nSPS) is 20.2. The number of nitrogens with two attached hydrogens (primary N) is 2. The van der Waals surface area contributed by atoms with Crippen molar-refractivity contribution in [1.82, 2.24) is 10.3 Å². The van der Waals surface area contributed by atoms with Gasteiger partial charge in [0, 0.05) is 6.54 Å². The molecule has 0 aliphatic carbocycles. The van der Waals surface area contributed by atoms with Gasteiger partial charge in [-0.1, -0.05) is 6.42 Å². The van der Waals surface area contributed by atoms with Crippen LogP contribution in [0.15, 0.2) is 4.99 Å². The largest absolute Gasteiger partial charge is 0.369 e. The minimum atomic E-state index is 0.317. The highest BCUT2D eigenvalue weighted by Gasteiger charge is 2.08. The molecule has 0 spiro atoms. The third-order valence-electron chi connectivity index (χ3n) is 2.29. The zero-order chi connectivity index (χ0) is 9.52. The number of aliphatic imine (C=N–C) groups is 1. The maximum atomic E-state index is 5.38. The van der Waals surface area contributed by atoms with E-state index in [-0.39, 0.29) is 0 Å². The monoisotopic (exact) mass is 185 g/mol. The van der Waals surface area contributed by atoms with E-state index in [0.717, 1.165) is 13.1 Å². The van der Waals surface area contributed by atoms with Crippen LogP contribution in [0.4, 0.5) is 0 Å². The van der Waals surface area contributed by atoms with Crippen LogP contribution in [0.5, 0.6) is 0 Å². The first-order valence-electron chi connectivity index (χ1n) is 4.82. The Balaban J connectivity index is 2.10. The van der Waals surface area contributed by atoms with E-state index in [1.165, 1.54) is 32.4 Å². The van der Waals surface area contributed by atoms with Crippen molar-refractivity contribution in [3.63, 3.8) is 0 Å². The maximum Gasteiger partial charge on any atom is 0.203 e. The lowest BCUT2D eigenvalue weighted by Crippen LogP contribution is -2.38. The molecule has 0 atom stereocenters. The molecule has 1 fully saturated rings. The summed E-state index contributed by atoms with van der Waals surface area (Å²) in [4.78, 5) is 6.47. The highest BCUT2D eigenvalue weighted by molar-refractivity contribution is 5.77. The van der Waals surface area contributed by atoms with Gasteiger partial charge in [0.25, 0.3) is 0 Å². The molecular formula is C8H19N5. The van der Waals surface area contributed by atoms with Crippen molar-refractivity contribution in [2.75, 3.05) is 26.2 Å². The Kier molecular flexibility index (Phi) is 4.56. The molecule has 1 aliphatic rings. The second kappa shape index (κ2) is 5.77. The average molecular weight is 185 g/mol. The van der Waals surface area contributed by atoms with Gasteiger partial charge in [0.15, 0.2) is 0 Å². The van der Waals surface area contributed by atoms with Crippen LogP contribution in [0.1, 0.15) is 19.3 Å². The number of likely N-dealkylation sites (tertiary alicyclic amines) is 1. The number of hydrogen-bond acceptors (Lipinski definition) is 3. The fraction of sp³-hybridized carbons (Fsp3) is 0.875. The molecule has 5 heteroatoms. The lowest BCUT2D eigenvalue weighted by Gasteiger charge is -2.25. The van der Waals surface area contributed by atoms with Crippen LogP contribution in [-0.2, 0) is 0 Å². The van der Waals surface area contributed by atoms with E-state index in [9.17, 15) is 0 Å². The zero-order valence-electron chi connectivity index (χ0n) is 8.00. The highest BCUT2D eigenvalue weighted by atomic mass is 15.3. The molecule has 0 aromatic carbocycles. The van der Waals surface area contributed by atoms with E-state index in [0.29, 0.717) is 5.96 Å². The molecule has 1 saturated heterocycles. The molecule has 5 N–H and O–H groups in total. The Bertz CT molecular complexity index is 162. The van der Waals surface area contributed by atoms with Gasteiger partial charge in [-0.25, -0.2) is 5.84 Å². The summed E-state index contributed by atoms with van der Waals surface area (Å²) in [6.45, 7) is 4.12. The average Bonchev–Trinajstić information content (AvgIpc) is 2.19. The number of guanidine groups is 1. The summed E-state index contributed by atoms with van der Waals surface area (Å²) in [5, 5.41) is 0. The Morgan fingerprint density at radius 3 is 2.62 bits per heavy atom. The third-order valence-corrected chi connectivity index (χ3v) is 2.29. The summed E-state index contributed by atoms with van der Waals surface area (Å²) >= 11 is 0. The predicted molar refractivity (Wildman–Crippen MR) is 54.1 cm³/mol. The summed E-state index contributed by atoms with van der Waals surface area (Å²) in [6.07, 6.45) is 3.99. The molecule has 0 aromatic heterocycles. The number of nitrogens with zero attached hydrogens (tertiary/aromatic N) is 2.